The highest BCUT2D eigenvalue weighted by atomic mass is 35.5. The Hall–Kier alpha value is -1.10. The van der Waals surface area contributed by atoms with Crippen LogP contribution in [0.5, 0.6) is 0 Å². The molecule has 1 atom stereocenters. The molecule has 1 heterocycles. The number of carbonyl (C=O) groups is 1. The van der Waals surface area contributed by atoms with Gasteiger partial charge in [-0.15, -0.1) is 12.4 Å². The molecule has 0 spiro atoms. The smallest absolute Gasteiger partial charge is 0.238 e. The summed E-state index contributed by atoms with van der Waals surface area (Å²) in [7, 11) is 0. The Morgan fingerprint density at radius 2 is 2.24 bits per heavy atom. The number of anilines is 1. The highest BCUT2D eigenvalue weighted by Crippen LogP contribution is 2.19. The topological polar surface area (TPSA) is 58.4 Å². The van der Waals surface area contributed by atoms with Gasteiger partial charge in [-0.2, -0.15) is 0 Å². The van der Waals surface area contributed by atoms with Gasteiger partial charge in [0.15, 0.2) is 0 Å². The van der Waals surface area contributed by atoms with Gasteiger partial charge in [0.2, 0.25) is 5.91 Å². The summed E-state index contributed by atoms with van der Waals surface area (Å²) >= 11 is 0. The number of nitrogens with zero attached hydrogens (tertiary/aromatic N) is 1. The van der Waals surface area contributed by atoms with E-state index >= 15 is 0 Å². The molecule has 0 radical (unpaired) electrons. The summed E-state index contributed by atoms with van der Waals surface area (Å²) in [5.74, 6) is 0.512. The molecule has 21 heavy (non-hydrogen) atoms. The number of nitrogens with two attached hydrogens (primary N) is 1. The standard InChI is InChI=1S/C16H25N3O.ClH/c1-12(2)13-5-3-6-14(9-13)18-16(20)11-19-8-4-7-15(19)10-17;/h3,5-6,9,12,15H,4,7-8,10-11,17H2,1-2H3,(H,18,20);1H. The zero-order chi connectivity index (χ0) is 14.5. The summed E-state index contributed by atoms with van der Waals surface area (Å²) in [5.41, 5.74) is 7.85. The van der Waals surface area contributed by atoms with E-state index in [0.29, 0.717) is 25.0 Å². The minimum atomic E-state index is 0. The molecule has 1 unspecified atom stereocenters. The van der Waals surface area contributed by atoms with E-state index in [9.17, 15) is 4.79 Å². The molecule has 1 aromatic carbocycles. The predicted molar refractivity (Wildman–Crippen MR) is 90.1 cm³/mol. The molecule has 1 aromatic rings. The predicted octanol–water partition coefficient (Wildman–Crippen LogP) is 2.59. The second kappa shape index (κ2) is 8.37. The van der Waals surface area contributed by atoms with Crippen molar-refractivity contribution in [2.24, 2.45) is 5.73 Å². The Labute approximate surface area is 133 Å². The van der Waals surface area contributed by atoms with Crippen LogP contribution in [0.1, 0.15) is 38.2 Å². The Bertz CT molecular complexity index is 465. The lowest BCUT2D eigenvalue weighted by molar-refractivity contribution is -0.117. The number of halogens is 1. The van der Waals surface area contributed by atoms with Gasteiger partial charge < -0.3 is 11.1 Å². The average Bonchev–Trinajstić information content (AvgIpc) is 2.86. The van der Waals surface area contributed by atoms with Crippen molar-refractivity contribution in [1.29, 1.82) is 0 Å². The second-order valence-corrected chi connectivity index (χ2v) is 5.83. The van der Waals surface area contributed by atoms with Crippen LogP contribution in [-0.2, 0) is 4.79 Å². The van der Waals surface area contributed by atoms with E-state index in [1.165, 1.54) is 5.56 Å². The maximum absolute atomic E-state index is 12.1. The van der Waals surface area contributed by atoms with E-state index in [1.807, 2.05) is 18.2 Å². The summed E-state index contributed by atoms with van der Waals surface area (Å²) < 4.78 is 0. The van der Waals surface area contributed by atoms with Crippen molar-refractivity contribution in [2.45, 2.75) is 38.6 Å². The summed E-state index contributed by atoms with van der Waals surface area (Å²) in [5, 5.41) is 2.99. The number of hydrogen-bond acceptors (Lipinski definition) is 3. The summed E-state index contributed by atoms with van der Waals surface area (Å²) in [4.78, 5) is 14.3. The van der Waals surface area contributed by atoms with Crippen LogP contribution in [0.25, 0.3) is 0 Å². The minimum Gasteiger partial charge on any atom is -0.329 e. The van der Waals surface area contributed by atoms with Crippen LogP contribution in [0, 0.1) is 0 Å². The third kappa shape index (κ3) is 4.99. The number of rotatable bonds is 5. The Morgan fingerprint density at radius 1 is 1.48 bits per heavy atom. The first-order valence-corrected chi connectivity index (χ1v) is 7.44. The number of hydrogen-bond donors (Lipinski definition) is 2. The average molecular weight is 312 g/mol. The molecule has 1 amide bonds. The van der Waals surface area contributed by atoms with Crippen molar-refractivity contribution < 1.29 is 4.79 Å². The Balaban J connectivity index is 0.00000220. The SMILES string of the molecule is CC(C)c1cccc(NC(=O)CN2CCCC2CN)c1.Cl. The molecule has 1 saturated heterocycles. The van der Waals surface area contributed by atoms with E-state index in [2.05, 4.69) is 30.1 Å². The van der Waals surface area contributed by atoms with Gasteiger partial charge in [-0.3, -0.25) is 9.69 Å². The number of likely N-dealkylation sites (tertiary alicyclic amines) is 1. The lowest BCUT2D eigenvalue weighted by Crippen LogP contribution is -2.40. The first kappa shape index (κ1) is 18.0. The zero-order valence-electron chi connectivity index (χ0n) is 12.8. The molecule has 118 valence electrons. The van der Waals surface area contributed by atoms with Gasteiger partial charge in [-0.1, -0.05) is 26.0 Å². The lowest BCUT2D eigenvalue weighted by Gasteiger charge is -2.22. The second-order valence-electron chi connectivity index (χ2n) is 5.83. The van der Waals surface area contributed by atoms with Gasteiger partial charge in [0, 0.05) is 18.3 Å². The van der Waals surface area contributed by atoms with Crippen molar-refractivity contribution in [3.05, 3.63) is 29.8 Å². The summed E-state index contributed by atoms with van der Waals surface area (Å²) in [6.07, 6.45) is 2.24. The lowest BCUT2D eigenvalue weighted by atomic mass is 10.0. The Kier molecular flexibility index (Phi) is 7.15. The molecule has 0 bridgehead atoms. The summed E-state index contributed by atoms with van der Waals surface area (Å²) in [6.45, 7) is 6.35. The van der Waals surface area contributed by atoms with Crippen LogP contribution in [0.3, 0.4) is 0 Å². The van der Waals surface area contributed by atoms with Gasteiger partial charge in [0.05, 0.1) is 6.54 Å². The highest BCUT2D eigenvalue weighted by Gasteiger charge is 2.24. The van der Waals surface area contributed by atoms with E-state index in [4.69, 9.17) is 5.73 Å². The van der Waals surface area contributed by atoms with Gasteiger partial charge in [0.1, 0.15) is 0 Å². The minimum absolute atomic E-state index is 0. The van der Waals surface area contributed by atoms with E-state index in [-0.39, 0.29) is 18.3 Å². The normalized spacial score (nSPS) is 18.6. The fourth-order valence-electron chi connectivity index (χ4n) is 2.73. The molecule has 0 aromatic heterocycles. The molecule has 5 heteroatoms. The van der Waals surface area contributed by atoms with Crippen molar-refractivity contribution in [1.82, 2.24) is 4.90 Å². The number of amides is 1. The van der Waals surface area contributed by atoms with E-state index in [0.717, 1.165) is 25.1 Å². The monoisotopic (exact) mass is 311 g/mol. The van der Waals surface area contributed by atoms with E-state index < -0.39 is 0 Å². The maximum atomic E-state index is 12.1. The van der Waals surface area contributed by atoms with Crippen LogP contribution in [0.2, 0.25) is 0 Å². The van der Waals surface area contributed by atoms with Gasteiger partial charge in [-0.25, -0.2) is 0 Å². The molecule has 1 aliphatic heterocycles. The van der Waals surface area contributed by atoms with Crippen LogP contribution in [-0.4, -0.2) is 36.5 Å². The molecular weight excluding hydrogens is 286 g/mol. The van der Waals surface area contributed by atoms with Crippen molar-refractivity contribution >= 4 is 24.0 Å². The molecule has 3 N–H and O–H groups in total. The molecule has 0 saturated carbocycles. The van der Waals surface area contributed by atoms with Gasteiger partial charge in [0.25, 0.3) is 0 Å². The van der Waals surface area contributed by atoms with Crippen LogP contribution >= 0.6 is 12.4 Å². The fraction of sp³-hybridized carbons (Fsp3) is 0.562. The first-order chi connectivity index (χ1) is 9.60. The van der Waals surface area contributed by atoms with Gasteiger partial charge >= 0.3 is 0 Å². The van der Waals surface area contributed by atoms with Crippen LogP contribution < -0.4 is 11.1 Å². The van der Waals surface area contributed by atoms with Crippen molar-refractivity contribution in [2.75, 3.05) is 25.0 Å². The maximum Gasteiger partial charge on any atom is 0.238 e. The van der Waals surface area contributed by atoms with E-state index in [1.54, 1.807) is 0 Å². The zero-order valence-corrected chi connectivity index (χ0v) is 13.7. The molecule has 1 aliphatic rings. The first-order valence-electron chi connectivity index (χ1n) is 7.44. The largest absolute Gasteiger partial charge is 0.329 e. The third-order valence-electron chi connectivity index (χ3n) is 3.95. The molecule has 2 rings (SSSR count). The van der Waals surface area contributed by atoms with Crippen LogP contribution in [0.4, 0.5) is 5.69 Å². The van der Waals surface area contributed by atoms with Crippen molar-refractivity contribution in [3.8, 4) is 0 Å². The molecular formula is C16H26ClN3O. The number of benzene rings is 1. The molecule has 0 aliphatic carbocycles. The quantitative estimate of drug-likeness (QED) is 0.879. The Morgan fingerprint density at radius 3 is 2.90 bits per heavy atom. The fourth-order valence-corrected chi connectivity index (χ4v) is 2.73. The molecule has 1 fully saturated rings. The number of nitrogens with one attached hydrogen (secondary N) is 1. The third-order valence-corrected chi connectivity index (χ3v) is 3.95. The van der Waals surface area contributed by atoms with Gasteiger partial charge in [-0.05, 0) is 43.0 Å². The van der Waals surface area contributed by atoms with Crippen molar-refractivity contribution in [3.63, 3.8) is 0 Å². The number of carbonyl (C=O) groups excluding carboxylic acids is 1. The highest BCUT2D eigenvalue weighted by molar-refractivity contribution is 5.92. The summed E-state index contributed by atoms with van der Waals surface area (Å²) in [6, 6.07) is 8.43. The molecule has 4 nitrogen and oxygen atoms in total. The van der Waals surface area contributed by atoms with Crippen LogP contribution in [0.15, 0.2) is 24.3 Å².